The fourth-order valence-corrected chi connectivity index (χ4v) is 4.50. The predicted molar refractivity (Wildman–Crippen MR) is 130 cm³/mol. The number of fused-ring (bicyclic) bond motifs is 1. The number of ether oxygens (including phenoxy) is 2. The first-order valence-corrected chi connectivity index (χ1v) is 11.9. The third-order valence-corrected chi connectivity index (χ3v) is 6.52. The number of rotatable bonds is 8. The Kier molecular flexibility index (Phi) is 6.28. The molecule has 9 nitrogen and oxygen atoms in total. The van der Waals surface area contributed by atoms with Crippen molar-refractivity contribution in [2.24, 2.45) is 0 Å². The number of aryl methyl sites for hydroxylation is 1. The first-order chi connectivity index (χ1) is 17.0. The zero-order valence-electron chi connectivity index (χ0n) is 18.9. The normalized spacial score (nSPS) is 12.9. The summed E-state index contributed by atoms with van der Waals surface area (Å²) in [5.41, 5.74) is 1.85. The molecule has 178 valence electrons. The van der Waals surface area contributed by atoms with Gasteiger partial charge in [0.2, 0.25) is 4.96 Å². The molecule has 1 saturated carbocycles. The van der Waals surface area contributed by atoms with Crippen molar-refractivity contribution in [3.05, 3.63) is 86.8 Å². The molecule has 0 spiro atoms. The van der Waals surface area contributed by atoms with Gasteiger partial charge in [-0.3, -0.25) is 9.59 Å². The highest BCUT2D eigenvalue weighted by molar-refractivity contribution is 7.16. The lowest BCUT2D eigenvalue weighted by molar-refractivity contribution is -0.118. The van der Waals surface area contributed by atoms with E-state index in [1.165, 1.54) is 21.9 Å². The van der Waals surface area contributed by atoms with Crippen molar-refractivity contribution in [3.8, 4) is 5.75 Å². The zero-order chi connectivity index (χ0) is 24.4. The Labute approximate surface area is 204 Å². The van der Waals surface area contributed by atoms with Gasteiger partial charge in [0.1, 0.15) is 17.4 Å². The maximum Gasteiger partial charge on any atom is 0.338 e. The van der Waals surface area contributed by atoms with E-state index in [-0.39, 0.29) is 24.7 Å². The lowest BCUT2D eigenvalue weighted by atomic mass is 10.2. The van der Waals surface area contributed by atoms with Gasteiger partial charge >= 0.3 is 5.97 Å². The fraction of sp³-hybridized carbons (Fsp3) is 0.240. The van der Waals surface area contributed by atoms with E-state index in [0.717, 1.165) is 23.4 Å². The van der Waals surface area contributed by atoms with Gasteiger partial charge in [-0.25, -0.2) is 9.78 Å². The van der Waals surface area contributed by atoms with Crippen LogP contribution in [0.4, 0.5) is 5.69 Å². The van der Waals surface area contributed by atoms with Crippen LogP contribution < -0.4 is 15.6 Å². The third kappa shape index (κ3) is 5.38. The van der Waals surface area contributed by atoms with Crippen LogP contribution in [0.25, 0.3) is 4.96 Å². The number of amides is 1. The third-order valence-electron chi connectivity index (χ3n) is 5.45. The molecular formula is C25H22N4O5S. The molecule has 1 N–H and O–H groups in total. The van der Waals surface area contributed by atoms with Crippen molar-refractivity contribution < 1.29 is 19.1 Å². The number of aromatic nitrogens is 3. The smallest absolute Gasteiger partial charge is 0.338 e. The topological polar surface area (TPSA) is 112 Å². The summed E-state index contributed by atoms with van der Waals surface area (Å²) in [7, 11) is 0. The summed E-state index contributed by atoms with van der Waals surface area (Å²) in [6, 6.07) is 15.1. The standard InChI is InChI=1S/C25H22N4O5S/c1-15-4-2-3-5-20(15)33-14-21(30)26-18-10-8-17(9-11-18)24(32)34-13-19-12-22(31)29-25(27-19)35-23(28-29)16-6-7-16/h2-5,8-12,16H,6-7,13-14H2,1H3,(H,26,30). The van der Waals surface area contributed by atoms with E-state index >= 15 is 0 Å². The quantitative estimate of drug-likeness (QED) is 0.375. The summed E-state index contributed by atoms with van der Waals surface area (Å²) in [5.74, 6) is 0.200. The molecule has 35 heavy (non-hydrogen) atoms. The van der Waals surface area contributed by atoms with Gasteiger partial charge in [-0.2, -0.15) is 9.61 Å². The number of nitrogens with one attached hydrogen (secondary N) is 1. The molecular weight excluding hydrogens is 468 g/mol. The minimum absolute atomic E-state index is 0.129. The van der Waals surface area contributed by atoms with E-state index in [2.05, 4.69) is 15.4 Å². The molecule has 0 bridgehead atoms. The lowest BCUT2D eigenvalue weighted by Crippen LogP contribution is -2.20. The van der Waals surface area contributed by atoms with Gasteiger partial charge in [0.25, 0.3) is 11.5 Å². The number of benzene rings is 2. The van der Waals surface area contributed by atoms with Crippen LogP contribution in [0.1, 0.15) is 45.4 Å². The summed E-state index contributed by atoms with van der Waals surface area (Å²) in [6.45, 7) is 1.64. The van der Waals surface area contributed by atoms with Crippen molar-refractivity contribution in [3.63, 3.8) is 0 Å². The molecule has 0 atom stereocenters. The van der Waals surface area contributed by atoms with Crippen LogP contribution in [0.15, 0.2) is 59.4 Å². The molecule has 1 aliphatic rings. The van der Waals surface area contributed by atoms with E-state index in [1.54, 1.807) is 30.3 Å². The maximum absolute atomic E-state index is 12.4. The molecule has 1 fully saturated rings. The Hall–Kier alpha value is -4.05. The van der Waals surface area contributed by atoms with Crippen LogP contribution >= 0.6 is 11.3 Å². The van der Waals surface area contributed by atoms with Crippen LogP contribution in [0, 0.1) is 6.92 Å². The SMILES string of the molecule is Cc1ccccc1OCC(=O)Nc1ccc(C(=O)OCc2cc(=O)n3nc(C4CC4)sc3n2)cc1. The average Bonchev–Trinajstić information content (AvgIpc) is 3.61. The Morgan fingerprint density at radius 2 is 1.91 bits per heavy atom. The van der Waals surface area contributed by atoms with E-state index in [9.17, 15) is 14.4 Å². The minimum Gasteiger partial charge on any atom is -0.483 e. The van der Waals surface area contributed by atoms with Gasteiger partial charge in [-0.05, 0) is 55.7 Å². The number of anilines is 1. The minimum atomic E-state index is -0.560. The van der Waals surface area contributed by atoms with Crippen LogP contribution in [0.2, 0.25) is 0 Å². The van der Waals surface area contributed by atoms with Crippen molar-refractivity contribution in [2.75, 3.05) is 11.9 Å². The molecule has 0 radical (unpaired) electrons. The van der Waals surface area contributed by atoms with Crippen molar-refractivity contribution in [1.82, 2.24) is 14.6 Å². The fourth-order valence-electron chi connectivity index (χ4n) is 3.41. The van der Waals surface area contributed by atoms with Gasteiger partial charge in [0, 0.05) is 17.7 Å². The highest BCUT2D eigenvalue weighted by atomic mass is 32.1. The Morgan fingerprint density at radius 1 is 1.14 bits per heavy atom. The van der Waals surface area contributed by atoms with Crippen molar-refractivity contribution >= 4 is 33.9 Å². The molecule has 2 heterocycles. The van der Waals surface area contributed by atoms with Crippen molar-refractivity contribution in [1.29, 1.82) is 0 Å². The predicted octanol–water partition coefficient (Wildman–Crippen LogP) is 3.71. The summed E-state index contributed by atoms with van der Waals surface area (Å²) in [5, 5.41) is 7.97. The van der Waals surface area contributed by atoms with Gasteiger partial charge in [0.15, 0.2) is 6.61 Å². The second-order valence-electron chi connectivity index (χ2n) is 8.25. The van der Waals surface area contributed by atoms with Crippen LogP contribution in [0.5, 0.6) is 5.75 Å². The number of carbonyl (C=O) groups excluding carboxylic acids is 2. The number of hydrogen-bond acceptors (Lipinski definition) is 8. The van der Waals surface area contributed by atoms with Gasteiger partial charge in [-0.15, -0.1) is 0 Å². The average molecular weight is 491 g/mol. The second-order valence-corrected chi connectivity index (χ2v) is 9.24. The summed E-state index contributed by atoms with van der Waals surface area (Å²) in [6.07, 6.45) is 2.17. The molecule has 10 heteroatoms. The lowest BCUT2D eigenvalue weighted by Gasteiger charge is -2.10. The Balaban J connectivity index is 1.15. The molecule has 2 aromatic carbocycles. The first kappa shape index (κ1) is 22.7. The largest absolute Gasteiger partial charge is 0.483 e. The summed E-state index contributed by atoms with van der Waals surface area (Å²) < 4.78 is 12.2. The van der Waals surface area contributed by atoms with E-state index in [0.29, 0.717) is 33.6 Å². The Bertz CT molecular complexity index is 1460. The first-order valence-electron chi connectivity index (χ1n) is 11.1. The molecule has 0 saturated heterocycles. The van der Waals surface area contributed by atoms with E-state index in [1.807, 2.05) is 25.1 Å². The molecule has 2 aromatic heterocycles. The summed E-state index contributed by atoms with van der Waals surface area (Å²) >= 11 is 1.39. The number of para-hydroxylation sites is 1. The highest BCUT2D eigenvalue weighted by Crippen LogP contribution is 2.41. The van der Waals surface area contributed by atoms with Gasteiger partial charge < -0.3 is 14.8 Å². The number of esters is 1. The molecule has 5 rings (SSSR count). The maximum atomic E-state index is 12.4. The second kappa shape index (κ2) is 9.67. The number of carbonyl (C=O) groups is 2. The molecule has 1 aliphatic carbocycles. The van der Waals surface area contributed by atoms with Gasteiger partial charge in [0.05, 0.1) is 11.3 Å². The Morgan fingerprint density at radius 3 is 2.66 bits per heavy atom. The van der Waals surface area contributed by atoms with Crippen LogP contribution in [-0.2, 0) is 16.1 Å². The molecule has 0 aliphatic heterocycles. The van der Waals surface area contributed by atoms with Crippen LogP contribution in [-0.4, -0.2) is 33.1 Å². The highest BCUT2D eigenvalue weighted by Gasteiger charge is 2.28. The van der Waals surface area contributed by atoms with Crippen molar-refractivity contribution in [2.45, 2.75) is 32.3 Å². The molecule has 4 aromatic rings. The monoisotopic (exact) mass is 490 g/mol. The van der Waals surface area contributed by atoms with E-state index < -0.39 is 5.97 Å². The molecule has 1 amide bonds. The van der Waals surface area contributed by atoms with E-state index in [4.69, 9.17) is 9.47 Å². The number of nitrogens with zero attached hydrogens (tertiary/aromatic N) is 3. The number of hydrogen-bond donors (Lipinski definition) is 1. The molecule has 0 unspecified atom stereocenters. The van der Waals surface area contributed by atoms with Gasteiger partial charge in [-0.1, -0.05) is 29.5 Å². The zero-order valence-corrected chi connectivity index (χ0v) is 19.7. The van der Waals surface area contributed by atoms with Crippen LogP contribution in [0.3, 0.4) is 0 Å². The summed E-state index contributed by atoms with van der Waals surface area (Å²) in [4.78, 5) is 41.8.